The summed E-state index contributed by atoms with van der Waals surface area (Å²) >= 11 is 11.8. The average Bonchev–Trinajstić information content (AvgIpc) is 2.33. The number of hydrogen-bond acceptors (Lipinski definition) is 3. The first-order chi connectivity index (χ1) is 8.97. The van der Waals surface area contributed by atoms with Crippen molar-refractivity contribution in [2.45, 2.75) is 38.6 Å². The van der Waals surface area contributed by atoms with Crippen LogP contribution in [0.5, 0.6) is 0 Å². The van der Waals surface area contributed by atoms with Crippen molar-refractivity contribution in [2.75, 3.05) is 5.32 Å². The quantitative estimate of drug-likeness (QED) is 0.825. The van der Waals surface area contributed by atoms with E-state index in [0.717, 1.165) is 31.2 Å². The van der Waals surface area contributed by atoms with E-state index in [1.54, 1.807) is 6.07 Å². The lowest BCUT2D eigenvalue weighted by molar-refractivity contribution is -0.120. The summed E-state index contributed by atoms with van der Waals surface area (Å²) in [5.74, 6) is -0.0841. The van der Waals surface area contributed by atoms with Gasteiger partial charge in [-0.25, -0.2) is 4.98 Å². The second kappa shape index (κ2) is 6.07. The summed E-state index contributed by atoms with van der Waals surface area (Å²) in [6.45, 7) is 1.83. The van der Waals surface area contributed by atoms with Crippen LogP contribution in [0, 0.1) is 12.8 Å². The highest BCUT2D eigenvalue weighted by molar-refractivity contribution is 6.34. The lowest BCUT2D eigenvalue weighted by Crippen LogP contribution is -2.34. The SMILES string of the molecule is Cc1cc(Cl)nc(Cl)c1NC(=O)C1CCCC(N)C1. The molecule has 104 valence electrons. The number of nitrogens with one attached hydrogen (secondary N) is 1. The van der Waals surface area contributed by atoms with E-state index in [1.807, 2.05) is 6.92 Å². The van der Waals surface area contributed by atoms with Gasteiger partial charge in [0.1, 0.15) is 5.15 Å². The second-order valence-electron chi connectivity index (χ2n) is 5.04. The van der Waals surface area contributed by atoms with Gasteiger partial charge in [-0.1, -0.05) is 29.6 Å². The normalized spacial score (nSPS) is 23.2. The number of aromatic nitrogens is 1. The molecule has 1 aliphatic carbocycles. The molecule has 0 aliphatic heterocycles. The van der Waals surface area contributed by atoms with Gasteiger partial charge in [0.2, 0.25) is 5.91 Å². The maximum atomic E-state index is 12.2. The standard InChI is InChI=1S/C13H17Cl2N3O/c1-7-5-10(14)17-12(15)11(7)18-13(19)8-3-2-4-9(16)6-8/h5,8-9H,2-4,6,16H2,1H3,(H,18,19). The number of carbonyl (C=O) groups is 1. The predicted molar refractivity (Wildman–Crippen MR) is 77.6 cm³/mol. The monoisotopic (exact) mass is 301 g/mol. The third kappa shape index (κ3) is 3.59. The summed E-state index contributed by atoms with van der Waals surface area (Å²) in [6.07, 6.45) is 3.58. The van der Waals surface area contributed by atoms with Crippen LogP contribution in [0.15, 0.2) is 6.07 Å². The van der Waals surface area contributed by atoms with Crippen LogP contribution in [-0.4, -0.2) is 16.9 Å². The molecular formula is C13H17Cl2N3O. The first kappa shape index (κ1) is 14.6. The lowest BCUT2D eigenvalue weighted by atomic mass is 9.85. The molecule has 2 atom stereocenters. The van der Waals surface area contributed by atoms with Crippen molar-refractivity contribution in [3.8, 4) is 0 Å². The van der Waals surface area contributed by atoms with Gasteiger partial charge in [0, 0.05) is 12.0 Å². The third-order valence-corrected chi connectivity index (χ3v) is 3.94. The van der Waals surface area contributed by atoms with E-state index in [0.29, 0.717) is 10.8 Å². The Kier molecular flexibility index (Phi) is 4.66. The van der Waals surface area contributed by atoms with Gasteiger partial charge >= 0.3 is 0 Å². The van der Waals surface area contributed by atoms with Gasteiger partial charge in [-0.15, -0.1) is 0 Å². The molecule has 2 unspecified atom stereocenters. The third-order valence-electron chi connectivity index (χ3n) is 3.47. The van der Waals surface area contributed by atoms with Crippen LogP contribution in [-0.2, 0) is 4.79 Å². The number of anilines is 1. The Morgan fingerprint density at radius 3 is 2.84 bits per heavy atom. The van der Waals surface area contributed by atoms with Crippen molar-refractivity contribution in [2.24, 2.45) is 11.7 Å². The van der Waals surface area contributed by atoms with E-state index in [1.165, 1.54) is 0 Å². The molecule has 3 N–H and O–H groups in total. The Balaban J connectivity index is 2.10. The number of carbonyl (C=O) groups excluding carboxylic acids is 1. The van der Waals surface area contributed by atoms with Crippen LogP contribution >= 0.6 is 23.2 Å². The Morgan fingerprint density at radius 2 is 2.21 bits per heavy atom. The van der Waals surface area contributed by atoms with Gasteiger partial charge in [0.05, 0.1) is 5.69 Å². The molecule has 0 saturated heterocycles. The molecule has 1 amide bonds. The highest BCUT2D eigenvalue weighted by atomic mass is 35.5. The second-order valence-corrected chi connectivity index (χ2v) is 5.79. The maximum Gasteiger partial charge on any atom is 0.227 e. The van der Waals surface area contributed by atoms with E-state index < -0.39 is 0 Å². The summed E-state index contributed by atoms with van der Waals surface area (Å²) in [7, 11) is 0. The molecule has 1 fully saturated rings. The number of amides is 1. The number of hydrogen-bond donors (Lipinski definition) is 2. The molecule has 1 aromatic rings. The highest BCUT2D eigenvalue weighted by Gasteiger charge is 2.26. The topological polar surface area (TPSA) is 68.0 Å². The van der Waals surface area contributed by atoms with E-state index in [9.17, 15) is 4.79 Å². The molecule has 0 bridgehead atoms. The largest absolute Gasteiger partial charge is 0.328 e. The van der Waals surface area contributed by atoms with Crippen molar-refractivity contribution in [1.29, 1.82) is 0 Å². The summed E-state index contributed by atoms with van der Waals surface area (Å²) < 4.78 is 0. The molecule has 1 aliphatic rings. The fourth-order valence-corrected chi connectivity index (χ4v) is 3.02. The molecule has 0 radical (unpaired) electrons. The highest BCUT2D eigenvalue weighted by Crippen LogP contribution is 2.29. The fraction of sp³-hybridized carbons (Fsp3) is 0.538. The van der Waals surface area contributed by atoms with E-state index in [2.05, 4.69) is 10.3 Å². The number of nitrogens with two attached hydrogens (primary N) is 1. The first-order valence-electron chi connectivity index (χ1n) is 6.36. The number of rotatable bonds is 2. The van der Waals surface area contributed by atoms with Gasteiger partial charge in [-0.05, 0) is 37.8 Å². The minimum atomic E-state index is -0.0464. The molecule has 6 heteroatoms. The number of halogens is 2. The molecule has 0 aromatic carbocycles. The zero-order valence-electron chi connectivity index (χ0n) is 10.7. The van der Waals surface area contributed by atoms with Crippen molar-refractivity contribution >= 4 is 34.8 Å². The zero-order chi connectivity index (χ0) is 14.0. The van der Waals surface area contributed by atoms with Crippen molar-refractivity contribution < 1.29 is 4.79 Å². The fourth-order valence-electron chi connectivity index (χ4n) is 2.44. The lowest BCUT2D eigenvalue weighted by Gasteiger charge is -2.26. The van der Waals surface area contributed by atoms with Gasteiger partial charge in [0.15, 0.2) is 5.15 Å². The van der Waals surface area contributed by atoms with E-state index in [-0.39, 0.29) is 23.0 Å². The van der Waals surface area contributed by atoms with Crippen LogP contribution in [0.2, 0.25) is 10.3 Å². The van der Waals surface area contributed by atoms with Crippen molar-refractivity contribution in [1.82, 2.24) is 4.98 Å². The van der Waals surface area contributed by atoms with Gasteiger partial charge in [0.25, 0.3) is 0 Å². The van der Waals surface area contributed by atoms with Gasteiger partial charge < -0.3 is 11.1 Å². The Bertz CT molecular complexity index is 470. The number of pyridine rings is 1. The Morgan fingerprint density at radius 1 is 1.47 bits per heavy atom. The summed E-state index contributed by atoms with van der Waals surface area (Å²) in [6, 6.07) is 1.79. The molecule has 0 spiro atoms. The summed E-state index contributed by atoms with van der Waals surface area (Å²) in [5, 5.41) is 3.39. The van der Waals surface area contributed by atoms with Crippen molar-refractivity contribution in [3.05, 3.63) is 21.9 Å². The molecule has 2 rings (SSSR count). The minimum Gasteiger partial charge on any atom is -0.328 e. The number of aryl methyl sites for hydroxylation is 1. The maximum absolute atomic E-state index is 12.2. The minimum absolute atomic E-state index is 0.0377. The van der Waals surface area contributed by atoms with Crippen LogP contribution in [0.25, 0.3) is 0 Å². The van der Waals surface area contributed by atoms with Crippen molar-refractivity contribution in [3.63, 3.8) is 0 Å². The summed E-state index contributed by atoms with van der Waals surface area (Å²) in [5.41, 5.74) is 7.24. The molecule has 19 heavy (non-hydrogen) atoms. The first-order valence-corrected chi connectivity index (χ1v) is 7.12. The smallest absolute Gasteiger partial charge is 0.227 e. The van der Waals surface area contributed by atoms with E-state index in [4.69, 9.17) is 28.9 Å². The molecule has 1 saturated carbocycles. The number of nitrogens with zero attached hydrogens (tertiary/aromatic N) is 1. The molecule has 1 aromatic heterocycles. The predicted octanol–water partition coefficient (Wildman–Crippen LogP) is 3.15. The van der Waals surface area contributed by atoms with Crippen LogP contribution in [0.3, 0.4) is 0 Å². The van der Waals surface area contributed by atoms with Crippen LogP contribution in [0.1, 0.15) is 31.2 Å². The summed E-state index contributed by atoms with van der Waals surface area (Å²) in [4.78, 5) is 16.2. The molecule has 1 heterocycles. The average molecular weight is 302 g/mol. The molecular weight excluding hydrogens is 285 g/mol. The zero-order valence-corrected chi connectivity index (χ0v) is 12.3. The van der Waals surface area contributed by atoms with E-state index >= 15 is 0 Å². The van der Waals surface area contributed by atoms with Crippen LogP contribution < -0.4 is 11.1 Å². The van der Waals surface area contributed by atoms with Gasteiger partial charge in [-0.2, -0.15) is 0 Å². The molecule has 4 nitrogen and oxygen atoms in total. The Hall–Kier alpha value is -0.840. The Labute approximate surface area is 122 Å². The van der Waals surface area contributed by atoms with Gasteiger partial charge in [-0.3, -0.25) is 4.79 Å². The van der Waals surface area contributed by atoms with Crippen LogP contribution in [0.4, 0.5) is 5.69 Å².